The second-order valence-electron chi connectivity index (χ2n) is 7.82. The van der Waals surface area contributed by atoms with E-state index in [0.29, 0.717) is 0 Å². The zero-order chi connectivity index (χ0) is 19.3. The molecule has 2 aromatic carbocycles. The Morgan fingerprint density at radius 1 is 0.929 bits per heavy atom. The zero-order valence-electron chi connectivity index (χ0n) is 16.7. The fraction of sp³-hybridized carbons (Fsp3) is 0.375. The number of rotatable bonds is 7. The molecule has 0 saturated carbocycles. The Kier molecular flexibility index (Phi) is 5.77. The quantitative estimate of drug-likeness (QED) is 0.454. The third kappa shape index (κ3) is 4.28. The Bertz CT molecular complexity index is 938. The number of piperazine rings is 1. The van der Waals surface area contributed by atoms with Gasteiger partial charge in [0.05, 0.1) is 0 Å². The number of fused-ring (bicyclic) bond motifs is 1. The van der Waals surface area contributed by atoms with Gasteiger partial charge >= 0.3 is 0 Å². The summed E-state index contributed by atoms with van der Waals surface area (Å²) in [6.45, 7) is 8.90. The van der Waals surface area contributed by atoms with E-state index in [1.165, 1.54) is 36.2 Å². The standard InChI is InChI=1S/C24H29N3O/c1-20-5-4-6-23(17-20)26-15-13-25(14-16-26)10-2-3-11-27-12-9-22-18-21(19-28)7-8-24(22)27/h4-9,12,17-19H,2-3,10-11,13-16H2,1H3. The summed E-state index contributed by atoms with van der Waals surface area (Å²) in [6.07, 6.45) is 5.45. The molecule has 1 aliphatic rings. The normalized spacial score (nSPS) is 15.2. The van der Waals surface area contributed by atoms with E-state index in [0.717, 1.165) is 50.0 Å². The molecule has 1 fully saturated rings. The Labute approximate surface area is 167 Å². The third-order valence-corrected chi connectivity index (χ3v) is 5.79. The predicted molar refractivity (Wildman–Crippen MR) is 116 cm³/mol. The van der Waals surface area contributed by atoms with Crippen LogP contribution in [0.2, 0.25) is 0 Å². The highest BCUT2D eigenvalue weighted by atomic mass is 16.1. The fourth-order valence-electron chi connectivity index (χ4n) is 4.16. The van der Waals surface area contributed by atoms with Gasteiger partial charge in [0.15, 0.2) is 0 Å². The number of hydrogen-bond donors (Lipinski definition) is 0. The molecular formula is C24H29N3O. The van der Waals surface area contributed by atoms with Crippen LogP contribution in [0.5, 0.6) is 0 Å². The maximum Gasteiger partial charge on any atom is 0.150 e. The lowest BCUT2D eigenvalue weighted by Crippen LogP contribution is -2.46. The number of anilines is 1. The SMILES string of the molecule is Cc1cccc(N2CCN(CCCCn3ccc4cc(C=O)ccc43)CC2)c1. The molecule has 0 radical (unpaired) electrons. The summed E-state index contributed by atoms with van der Waals surface area (Å²) in [6, 6.07) is 16.9. The first-order valence-corrected chi connectivity index (χ1v) is 10.3. The lowest BCUT2D eigenvalue weighted by atomic mass is 10.2. The van der Waals surface area contributed by atoms with Crippen molar-refractivity contribution < 1.29 is 4.79 Å². The summed E-state index contributed by atoms with van der Waals surface area (Å²) in [5.74, 6) is 0. The smallest absolute Gasteiger partial charge is 0.150 e. The topological polar surface area (TPSA) is 28.5 Å². The van der Waals surface area contributed by atoms with Gasteiger partial charge < -0.3 is 9.47 Å². The number of aryl methyl sites for hydroxylation is 2. The lowest BCUT2D eigenvalue weighted by Gasteiger charge is -2.36. The largest absolute Gasteiger partial charge is 0.369 e. The number of carbonyl (C=O) groups is 1. The molecule has 0 N–H and O–H groups in total. The first kappa shape index (κ1) is 18.8. The van der Waals surface area contributed by atoms with Gasteiger partial charge in [-0.2, -0.15) is 0 Å². The van der Waals surface area contributed by atoms with Gasteiger partial charge in [-0.25, -0.2) is 0 Å². The summed E-state index contributed by atoms with van der Waals surface area (Å²) in [4.78, 5) is 16.0. The van der Waals surface area contributed by atoms with E-state index in [1.807, 2.05) is 12.1 Å². The Hall–Kier alpha value is -2.59. The van der Waals surface area contributed by atoms with Crippen molar-refractivity contribution in [1.29, 1.82) is 0 Å². The second kappa shape index (κ2) is 8.61. The lowest BCUT2D eigenvalue weighted by molar-refractivity contribution is 0.112. The van der Waals surface area contributed by atoms with Crippen LogP contribution in [0.15, 0.2) is 54.7 Å². The van der Waals surface area contributed by atoms with Crippen LogP contribution in [0.1, 0.15) is 28.8 Å². The van der Waals surface area contributed by atoms with Crippen molar-refractivity contribution in [2.45, 2.75) is 26.3 Å². The maximum absolute atomic E-state index is 10.9. The number of benzene rings is 2. The summed E-state index contributed by atoms with van der Waals surface area (Å²) < 4.78 is 2.31. The first-order valence-electron chi connectivity index (χ1n) is 10.3. The van der Waals surface area contributed by atoms with E-state index in [9.17, 15) is 4.79 Å². The Balaban J connectivity index is 1.22. The highest BCUT2D eigenvalue weighted by molar-refractivity contribution is 5.87. The zero-order valence-corrected chi connectivity index (χ0v) is 16.7. The van der Waals surface area contributed by atoms with Crippen LogP contribution in [-0.4, -0.2) is 48.5 Å². The molecule has 0 bridgehead atoms. The van der Waals surface area contributed by atoms with Crippen molar-refractivity contribution in [2.75, 3.05) is 37.6 Å². The van der Waals surface area contributed by atoms with Crippen molar-refractivity contribution in [3.05, 3.63) is 65.9 Å². The monoisotopic (exact) mass is 375 g/mol. The van der Waals surface area contributed by atoms with Crippen molar-refractivity contribution in [3.63, 3.8) is 0 Å². The van der Waals surface area contributed by atoms with Crippen LogP contribution in [0.4, 0.5) is 5.69 Å². The fourth-order valence-corrected chi connectivity index (χ4v) is 4.16. The maximum atomic E-state index is 10.9. The highest BCUT2D eigenvalue weighted by Gasteiger charge is 2.16. The van der Waals surface area contributed by atoms with E-state index in [1.54, 1.807) is 0 Å². The third-order valence-electron chi connectivity index (χ3n) is 5.79. The van der Waals surface area contributed by atoms with Gasteiger partial charge in [-0.05, 0) is 68.3 Å². The van der Waals surface area contributed by atoms with Gasteiger partial charge in [0, 0.05) is 61.1 Å². The first-order chi connectivity index (χ1) is 13.7. The predicted octanol–water partition coefficient (Wildman–Crippen LogP) is 4.36. The molecule has 4 rings (SSSR count). The summed E-state index contributed by atoms with van der Waals surface area (Å²) >= 11 is 0. The van der Waals surface area contributed by atoms with Crippen LogP contribution in [0.3, 0.4) is 0 Å². The molecule has 0 aliphatic carbocycles. The number of aromatic nitrogens is 1. The van der Waals surface area contributed by atoms with E-state index in [-0.39, 0.29) is 0 Å². The van der Waals surface area contributed by atoms with Gasteiger partial charge in [-0.3, -0.25) is 9.69 Å². The molecule has 1 aliphatic heterocycles. The molecule has 0 atom stereocenters. The van der Waals surface area contributed by atoms with Gasteiger partial charge in [-0.1, -0.05) is 12.1 Å². The number of aldehydes is 1. The second-order valence-corrected chi connectivity index (χ2v) is 7.82. The van der Waals surface area contributed by atoms with Gasteiger partial charge in [0.25, 0.3) is 0 Å². The number of unbranched alkanes of at least 4 members (excludes halogenated alkanes) is 1. The molecule has 3 aromatic rings. The molecule has 28 heavy (non-hydrogen) atoms. The van der Waals surface area contributed by atoms with E-state index >= 15 is 0 Å². The number of hydrogen-bond acceptors (Lipinski definition) is 3. The van der Waals surface area contributed by atoms with Gasteiger partial charge in [-0.15, -0.1) is 0 Å². The van der Waals surface area contributed by atoms with Crippen LogP contribution >= 0.6 is 0 Å². The van der Waals surface area contributed by atoms with Crippen LogP contribution < -0.4 is 4.90 Å². The van der Waals surface area contributed by atoms with E-state index in [2.05, 4.69) is 63.9 Å². The Morgan fingerprint density at radius 2 is 1.75 bits per heavy atom. The van der Waals surface area contributed by atoms with E-state index in [4.69, 9.17) is 0 Å². The minimum absolute atomic E-state index is 0.745. The van der Waals surface area contributed by atoms with Crippen molar-refractivity contribution in [2.24, 2.45) is 0 Å². The summed E-state index contributed by atoms with van der Waals surface area (Å²) in [5, 5.41) is 1.15. The minimum Gasteiger partial charge on any atom is -0.369 e. The molecule has 146 valence electrons. The molecule has 2 heterocycles. The van der Waals surface area contributed by atoms with Crippen LogP contribution in [-0.2, 0) is 6.54 Å². The van der Waals surface area contributed by atoms with Crippen LogP contribution in [0.25, 0.3) is 10.9 Å². The molecule has 4 heteroatoms. The average molecular weight is 376 g/mol. The molecule has 1 saturated heterocycles. The van der Waals surface area contributed by atoms with Crippen molar-refractivity contribution in [3.8, 4) is 0 Å². The molecular weight excluding hydrogens is 346 g/mol. The molecule has 0 unspecified atom stereocenters. The number of nitrogens with zero attached hydrogens (tertiary/aromatic N) is 3. The van der Waals surface area contributed by atoms with Gasteiger partial charge in [0.2, 0.25) is 0 Å². The van der Waals surface area contributed by atoms with Crippen molar-refractivity contribution >= 4 is 22.9 Å². The molecule has 1 aromatic heterocycles. The summed E-state index contributed by atoms with van der Waals surface area (Å²) in [5.41, 5.74) is 4.66. The average Bonchev–Trinajstić information content (AvgIpc) is 3.14. The molecule has 4 nitrogen and oxygen atoms in total. The summed E-state index contributed by atoms with van der Waals surface area (Å²) in [7, 11) is 0. The molecule has 0 spiro atoms. The highest BCUT2D eigenvalue weighted by Crippen LogP contribution is 2.19. The Morgan fingerprint density at radius 3 is 2.54 bits per heavy atom. The van der Waals surface area contributed by atoms with Crippen molar-refractivity contribution in [1.82, 2.24) is 9.47 Å². The van der Waals surface area contributed by atoms with Crippen LogP contribution in [0, 0.1) is 6.92 Å². The molecule has 0 amide bonds. The van der Waals surface area contributed by atoms with E-state index < -0.39 is 0 Å². The minimum atomic E-state index is 0.745. The van der Waals surface area contributed by atoms with Gasteiger partial charge in [0.1, 0.15) is 6.29 Å². The number of carbonyl (C=O) groups excluding carboxylic acids is 1.